The van der Waals surface area contributed by atoms with Crippen molar-refractivity contribution in [3.63, 3.8) is 0 Å². The van der Waals surface area contributed by atoms with E-state index in [4.69, 9.17) is 10.5 Å². The molecular weight excluding hydrogens is 212 g/mol. The Balaban J connectivity index is 2.20. The van der Waals surface area contributed by atoms with Gasteiger partial charge in [0.05, 0.1) is 23.3 Å². The van der Waals surface area contributed by atoms with Gasteiger partial charge in [-0.1, -0.05) is 0 Å². The van der Waals surface area contributed by atoms with Crippen molar-refractivity contribution in [2.75, 3.05) is 5.32 Å². The molecule has 0 bridgehead atoms. The van der Waals surface area contributed by atoms with Crippen LogP contribution in [0.15, 0.2) is 42.6 Å². The fourth-order valence-corrected chi connectivity index (χ4v) is 1.34. The topological polar surface area (TPSA) is 72.5 Å². The van der Waals surface area contributed by atoms with E-state index in [2.05, 4.69) is 10.3 Å². The molecule has 0 saturated carbocycles. The van der Waals surface area contributed by atoms with Crippen molar-refractivity contribution in [3.8, 4) is 12.1 Å². The summed E-state index contributed by atoms with van der Waals surface area (Å²) in [6, 6.07) is 14.4. The van der Waals surface area contributed by atoms with Crippen molar-refractivity contribution in [1.82, 2.24) is 4.98 Å². The molecule has 0 saturated heterocycles. The summed E-state index contributed by atoms with van der Waals surface area (Å²) in [5, 5.41) is 20.5. The fraction of sp³-hybridized carbons (Fsp3) is 0. The van der Waals surface area contributed by atoms with Crippen LogP contribution in [0.4, 0.5) is 11.5 Å². The van der Waals surface area contributed by atoms with Gasteiger partial charge in [0.25, 0.3) is 0 Å². The number of nitriles is 2. The minimum atomic E-state index is 0.552. The zero-order valence-electron chi connectivity index (χ0n) is 8.88. The van der Waals surface area contributed by atoms with Gasteiger partial charge in [0.1, 0.15) is 5.82 Å². The lowest BCUT2D eigenvalue weighted by Gasteiger charge is -2.05. The summed E-state index contributed by atoms with van der Waals surface area (Å²) in [7, 11) is 0. The molecule has 0 spiro atoms. The van der Waals surface area contributed by atoms with Gasteiger partial charge in [0, 0.05) is 11.9 Å². The zero-order chi connectivity index (χ0) is 12.1. The first-order chi connectivity index (χ1) is 8.31. The van der Waals surface area contributed by atoms with Gasteiger partial charge in [0.15, 0.2) is 0 Å². The molecule has 0 aliphatic rings. The van der Waals surface area contributed by atoms with Gasteiger partial charge in [-0.15, -0.1) is 0 Å². The highest BCUT2D eigenvalue weighted by Crippen LogP contribution is 2.15. The molecule has 4 heteroatoms. The van der Waals surface area contributed by atoms with Crippen molar-refractivity contribution in [1.29, 1.82) is 10.5 Å². The summed E-state index contributed by atoms with van der Waals surface area (Å²) in [4.78, 5) is 4.10. The first kappa shape index (κ1) is 10.7. The fourth-order valence-electron chi connectivity index (χ4n) is 1.34. The molecule has 80 valence electrons. The number of aromatic nitrogens is 1. The monoisotopic (exact) mass is 220 g/mol. The van der Waals surface area contributed by atoms with E-state index in [1.54, 1.807) is 42.6 Å². The highest BCUT2D eigenvalue weighted by Gasteiger charge is 1.98. The predicted molar refractivity (Wildman–Crippen MR) is 63.4 cm³/mol. The quantitative estimate of drug-likeness (QED) is 0.844. The largest absolute Gasteiger partial charge is 0.340 e. The Kier molecular flexibility index (Phi) is 3.00. The minimum absolute atomic E-state index is 0.552. The summed E-state index contributed by atoms with van der Waals surface area (Å²) in [6.45, 7) is 0. The number of anilines is 2. The molecular formula is C13H8N4. The van der Waals surface area contributed by atoms with Crippen LogP contribution in [0.3, 0.4) is 0 Å². The molecule has 1 N–H and O–H groups in total. The Labute approximate surface area is 98.8 Å². The van der Waals surface area contributed by atoms with Crippen LogP contribution in [0.25, 0.3) is 0 Å². The Morgan fingerprint density at radius 1 is 0.941 bits per heavy atom. The normalized spacial score (nSPS) is 9.06. The van der Waals surface area contributed by atoms with E-state index in [1.165, 1.54) is 0 Å². The lowest BCUT2D eigenvalue weighted by Crippen LogP contribution is -1.93. The predicted octanol–water partition coefficient (Wildman–Crippen LogP) is 2.57. The number of nitrogens with one attached hydrogen (secondary N) is 1. The standard InChI is InChI=1S/C13H8N4/c14-8-10-1-3-12(4-2-10)17-13-7-11(9-15)5-6-16-13/h1-7H,(H,16,17). The average Bonchev–Trinajstić information content (AvgIpc) is 2.40. The minimum Gasteiger partial charge on any atom is -0.340 e. The van der Waals surface area contributed by atoms with Gasteiger partial charge in [-0.05, 0) is 36.4 Å². The van der Waals surface area contributed by atoms with Crippen LogP contribution in [-0.4, -0.2) is 4.98 Å². The maximum Gasteiger partial charge on any atom is 0.131 e. The summed E-state index contributed by atoms with van der Waals surface area (Å²) in [5.74, 6) is 0.605. The molecule has 0 aliphatic heterocycles. The first-order valence-corrected chi connectivity index (χ1v) is 4.95. The SMILES string of the molecule is N#Cc1ccc(Nc2cc(C#N)ccn2)cc1. The van der Waals surface area contributed by atoms with Crippen LogP contribution in [0.5, 0.6) is 0 Å². The number of benzene rings is 1. The van der Waals surface area contributed by atoms with E-state index in [0.717, 1.165) is 5.69 Å². The second kappa shape index (κ2) is 4.78. The van der Waals surface area contributed by atoms with E-state index in [0.29, 0.717) is 16.9 Å². The first-order valence-electron chi connectivity index (χ1n) is 4.95. The summed E-state index contributed by atoms with van der Waals surface area (Å²) in [5.41, 5.74) is 1.98. The molecule has 0 amide bonds. The molecule has 0 aliphatic carbocycles. The van der Waals surface area contributed by atoms with Gasteiger partial charge < -0.3 is 5.32 Å². The maximum atomic E-state index is 8.75. The number of hydrogen-bond donors (Lipinski definition) is 1. The van der Waals surface area contributed by atoms with Crippen LogP contribution < -0.4 is 5.32 Å². The van der Waals surface area contributed by atoms with Gasteiger partial charge in [-0.2, -0.15) is 10.5 Å². The Hall–Kier alpha value is -2.85. The second-order valence-electron chi connectivity index (χ2n) is 3.36. The molecule has 2 rings (SSSR count). The molecule has 0 fully saturated rings. The number of nitrogens with zero attached hydrogens (tertiary/aromatic N) is 3. The summed E-state index contributed by atoms with van der Waals surface area (Å²) < 4.78 is 0. The Bertz CT molecular complexity index is 603. The molecule has 0 unspecified atom stereocenters. The molecule has 1 heterocycles. The van der Waals surface area contributed by atoms with Crippen molar-refractivity contribution in [3.05, 3.63) is 53.7 Å². The third kappa shape index (κ3) is 2.58. The molecule has 1 aromatic heterocycles. The van der Waals surface area contributed by atoms with Gasteiger partial charge in [-0.25, -0.2) is 4.98 Å². The Morgan fingerprint density at radius 3 is 2.29 bits per heavy atom. The van der Waals surface area contributed by atoms with Crippen LogP contribution in [0.2, 0.25) is 0 Å². The molecule has 2 aromatic rings. The Morgan fingerprint density at radius 2 is 1.65 bits per heavy atom. The van der Waals surface area contributed by atoms with E-state index in [-0.39, 0.29) is 0 Å². The van der Waals surface area contributed by atoms with Crippen LogP contribution >= 0.6 is 0 Å². The molecule has 17 heavy (non-hydrogen) atoms. The van der Waals surface area contributed by atoms with E-state index in [1.807, 2.05) is 12.1 Å². The van der Waals surface area contributed by atoms with Crippen molar-refractivity contribution < 1.29 is 0 Å². The van der Waals surface area contributed by atoms with Crippen molar-refractivity contribution in [2.24, 2.45) is 0 Å². The maximum absolute atomic E-state index is 8.75. The van der Waals surface area contributed by atoms with Gasteiger partial charge in [-0.3, -0.25) is 0 Å². The van der Waals surface area contributed by atoms with Crippen molar-refractivity contribution >= 4 is 11.5 Å². The average molecular weight is 220 g/mol. The van der Waals surface area contributed by atoms with Gasteiger partial charge in [0.2, 0.25) is 0 Å². The van der Waals surface area contributed by atoms with Crippen LogP contribution in [-0.2, 0) is 0 Å². The second-order valence-corrected chi connectivity index (χ2v) is 3.36. The summed E-state index contributed by atoms with van der Waals surface area (Å²) >= 11 is 0. The van der Waals surface area contributed by atoms with E-state index >= 15 is 0 Å². The molecule has 0 radical (unpaired) electrons. The lowest BCUT2D eigenvalue weighted by atomic mass is 10.2. The molecule has 1 aromatic carbocycles. The zero-order valence-corrected chi connectivity index (χ0v) is 8.88. The lowest BCUT2D eigenvalue weighted by molar-refractivity contribution is 1.29. The van der Waals surface area contributed by atoms with Gasteiger partial charge >= 0.3 is 0 Å². The third-order valence-electron chi connectivity index (χ3n) is 2.18. The van der Waals surface area contributed by atoms with Crippen molar-refractivity contribution in [2.45, 2.75) is 0 Å². The molecule has 0 atom stereocenters. The van der Waals surface area contributed by atoms with E-state index < -0.39 is 0 Å². The van der Waals surface area contributed by atoms with Crippen LogP contribution in [0, 0.1) is 22.7 Å². The number of rotatable bonds is 2. The highest BCUT2D eigenvalue weighted by atomic mass is 15.0. The highest BCUT2D eigenvalue weighted by molar-refractivity contribution is 5.58. The molecule has 4 nitrogen and oxygen atoms in total. The third-order valence-corrected chi connectivity index (χ3v) is 2.18. The smallest absolute Gasteiger partial charge is 0.131 e. The van der Waals surface area contributed by atoms with E-state index in [9.17, 15) is 0 Å². The number of hydrogen-bond acceptors (Lipinski definition) is 4. The summed E-state index contributed by atoms with van der Waals surface area (Å²) in [6.07, 6.45) is 1.57. The number of pyridine rings is 1. The van der Waals surface area contributed by atoms with Crippen LogP contribution in [0.1, 0.15) is 11.1 Å².